The summed E-state index contributed by atoms with van der Waals surface area (Å²) in [6, 6.07) is 16.8. The summed E-state index contributed by atoms with van der Waals surface area (Å²) in [7, 11) is 0. The number of hydrogen-bond donors (Lipinski definition) is 1. The van der Waals surface area contributed by atoms with E-state index in [4.69, 9.17) is 9.40 Å². The SMILES string of the molecule is Cc1ccc(C)c(-n2c(SC(C)C(=O)NCc3ccco3)nc3ccccc3c2=O)c1. The van der Waals surface area contributed by atoms with Gasteiger partial charge >= 0.3 is 0 Å². The second kappa shape index (κ2) is 8.81. The third kappa shape index (κ3) is 4.41. The molecule has 0 saturated heterocycles. The third-order valence-corrected chi connectivity index (χ3v) is 6.07. The van der Waals surface area contributed by atoms with Crippen molar-refractivity contribution >= 4 is 28.6 Å². The fraction of sp³-hybridized carbons (Fsp3) is 0.208. The standard InChI is InChI=1S/C24H23N3O3S/c1-15-10-11-16(2)21(13-15)27-23(29)19-8-4-5-9-20(19)26-24(27)31-17(3)22(28)25-14-18-7-6-12-30-18/h4-13,17H,14H2,1-3H3,(H,25,28). The highest BCUT2D eigenvalue weighted by atomic mass is 32.2. The van der Waals surface area contributed by atoms with Crippen molar-refractivity contribution in [1.29, 1.82) is 0 Å². The van der Waals surface area contributed by atoms with Crippen molar-refractivity contribution in [2.75, 3.05) is 0 Å². The Kier molecular flexibility index (Phi) is 5.95. The second-order valence-electron chi connectivity index (χ2n) is 7.40. The van der Waals surface area contributed by atoms with Gasteiger partial charge in [-0.05, 0) is 62.2 Å². The van der Waals surface area contributed by atoms with E-state index >= 15 is 0 Å². The van der Waals surface area contributed by atoms with Crippen LogP contribution in [0.3, 0.4) is 0 Å². The molecule has 2 aromatic heterocycles. The number of nitrogens with one attached hydrogen (secondary N) is 1. The predicted molar refractivity (Wildman–Crippen MR) is 123 cm³/mol. The summed E-state index contributed by atoms with van der Waals surface area (Å²) in [5.41, 5.74) is 3.24. The van der Waals surface area contributed by atoms with Crippen LogP contribution in [0.5, 0.6) is 0 Å². The van der Waals surface area contributed by atoms with Crippen LogP contribution in [-0.2, 0) is 11.3 Å². The molecule has 0 bridgehead atoms. The van der Waals surface area contributed by atoms with E-state index in [2.05, 4.69) is 5.32 Å². The first-order valence-corrected chi connectivity index (χ1v) is 10.9. The monoisotopic (exact) mass is 433 g/mol. The van der Waals surface area contributed by atoms with Crippen LogP contribution in [0.25, 0.3) is 16.6 Å². The fourth-order valence-electron chi connectivity index (χ4n) is 3.31. The molecule has 0 aliphatic rings. The van der Waals surface area contributed by atoms with Crippen LogP contribution in [0.15, 0.2) is 75.2 Å². The van der Waals surface area contributed by atoms with Gasteiger partial charge in [0.25, 0.3) is 5.56 Å². The average Bonchev–Trinajstić information content (AvgIpc) is 3.28. The van der Waals surface area contributed by atoms with Crippen LogP contribution in [0, 0.1) is 13.8 Å². The largest absolute Gasteiger partial charge is 0.467 e. The molecule has 6 nitrogen and oxygen atoms in total. The molecule has 0 aliphatic carbocycles. The van der Waals surface area contributed by atoms with E-state index in [9.17, 15) is 9.59 Å². The quantitative estimate of drug-likeness (QED) is 0.360. The van der Waals surface area contributed by atoms with Gasteiger partial charge in [0.05, 0.1) is 34.6 Å². The molecule has 158 valence electrons. The van der Waals surface area contributed by atoms with Crippen molar-refractivity contribution in [1.82, 2.24) is 14.9 Å². The van der Waals surface area contributed by atoms with Gasteiger partial charge in [-0.25, -0.2) is 4.98 Å². The molecule has 2 heterocycles. The molecule has 0 spiro atoms. The molecule has 0 radical (unpaired) electrons. The van der Waals surface area contributed by atoms with E-state index < -0.39 is 5.25 Å². The van der Waals surface area contributed by atoms with E-state index in [1.165, 1.54) is 11.8 Å². The number of benzene rings is 2. The number of thioether (sulfide) groups is 1. The van der Waals surface area contributed by atoms with Crippen LogP contribution in [0.4, 0.5) is 0 Å². The number of hydrogen-bond acceptors (Lipinski definition) is 5. The van der Waals surface area contributed by atoms with Crippen molar-refractivity contribution in [3.05, 3.63) is 88.1 Å². The zero-order valence-corrected chi connectivity index (χ0v) is 18.4. The minimum atomic E-state index is -0.459. The number of amides is 1. The molecular formula is C24H23N3O3S. The van der Waals surface area contributed by atoms with Crippen molar-refractivity contribution in [3.63, 3.8) is 0 Å². The van der Waals surface area contributed by atoms with Gasteiger partial charge in [0.15, 0.2) is 5.16 Å². The Morgan fingerprint density at radius 1 is 1.16 bits per heavy atom. The normalized spacial score (nSPS) is 12.1. The Morgan fingerprint density at radius 3 is 2.74 bits per heavy atom. The summed E-state index contributed by atoms with van der Waals surface area (Å²) in [5.74, 6) is 0.526. The lowest BCUT2D eigenvalue weighted by Gasteiger charge is -2.18. The number of furan rings is 1. The molecule has 1 atom stereocenters. The number of nitrogens with zero attached hydrogens (tertiary/aromatic N) is 2. The number of carbonyl (C=O) groups is 1. The molecule has 0 aliphatic heterocycles. The summed E-state index contributed by atoms with van der Waals surface area (Å²) in [6.45, 7) is 6.06. The number of carbonyl (C=O) groups excluding carboxylic acids is 1. The molecule has 1 amide bonds. The van der Waals surface area contributed by atoms with Gasteiger partial charge in [-0.3, -0.25) is 14.2 Å². The zero-order valence-electron chi connectivity index (χ0n) is 17.6. The molecule has 31 heavy (non-hydrogen) atoms. The summed E-state index contributed by atoms with van der Waals surface area (Å²) in [5, 5.41) is 3.44. The molecule has 7 heteroatoms. The Balaban J connectivity index is 1.73. The van der Waals surface area contributed by atoms with Gasteiger partial charge in [0.2, 0.25) is 5.91 Å². The molecule has 1 N–H and O–H groups in total. The summed E-state index contributed by atoms with van der Waals surface area (Å²) in [4.78, 5) is 30.9. The molecule has 0 fully saturated rings. The van der Waals surface area contributed by atoms with Gasteiger partial charge in [-0.1, -0.05) is 36.0 Å². The Morgan fingerprint density at radius 2 is 1.97 bits per heavy atom. The zero-order chi connectivity index (χ0) is 22.0. The predicted octanol–water partition coefficient (Wildman–Crippen LogP) is 4.39. The van der Waals surface area contributed by atoms with Crippen molar-refractivity contribution in [2.45, 2.75) is 37.7 Å². The highest BCUT2D eigenvalue weighted by Gasteiger charge is 2.21. The van der Waals surface area contributed by atoms with E-state index in [0.29, 0.717) is 28.4 Å². The van der Waals surface area contributed by atoms with Crippen LogP contribution in [0.2, 0.25) is 0 Å². The minimum absolute atomic E-state index is 0.148. The smallest absolute Gasteiger partial charge is 0.266 e. The van der Waals surface area contributed by atoms with Gasteiger partial charge < -0.3 is 9.73 Å². The average molecular weight is 434 g/mol. The first-order valence-electron chi connectivity index (χ1n) is 10.00. The van der Waals surface area contributed by atoms with E-state index in [-0.39, 0.29) is 11.5 Å². The topological polar surface area (TPSA) is 77.1 Å². The molecule has 4 aromatic rings. The lowest BCUT2D eigenvalue weighted by atomic mass is 10.1. The number of rotatable bonds is 6. The highest BCUT2D eigenvalue weighted by molar-refractivity contribution is 8.00. The van der Waals surface area contributed by atoms with Crippen LogP contribution in [-0.4, -0.2) is 20.7 Å². The lowest BCUT2D eigenvalue weighted by Crippen LogP contribution is -2.31. The van der Waals surface area contributed by atoms with E-state index in [0.717, 1.165) is 16.8 Å². The molecule has 1 unspecified atom stereocenters. The maximum atomic E-state index is 13.4. The maximum Gasteiger partial charge on any atom is 0.266 e. The highest BCUT2D eigenvalue weighted by Crippen LogP contribution is 2.27. The number of aryl methyl sites for hydroxylation is 2. The summed E-state index contributed by atoms with van der Waals surface area (Å²) >= 11 is 1.26. The molecule has 4 rings (SSSR count). The first kappa shape index (κ1) is 20.9. The van der Waals surface area contributed by atoms with Crippen LogP contribution in [0.1, 0.15) is 23.8 Å². The molecular weight excluding hydrogens is 410 g/mol. The number of fused-ring (bicyclic) bond motifs is 1. The maximum absolute atomic E-state index is 13.4. The van der Waals surface area contributed by atoms with Crippen molar-refractivity contribution in [3.8, 4) is 5.69 Å². The molecule has 2 aromatic carbocycles. The second-order valence-corrected chi connectivity index (χ2v) is 8.71. The van der Waals surface area contributed by atoms with E-state index in [1.807, 2.05) is 50.2 Å². The first-order chi connectivity index (χ1) is 14.9. The van der Waals surface area contributed by atoms with Gasteiger partial charge in [0.1, 0.15) is 5.76 Å². The van der Waals surface area contributed by atoms with Gasteiger partial charge in [-0.2, -0.15) is 0 Å². The Hall–Kier alpha value is -3.32. The van der Waals surface area contributed by atoms with Crippen molar-refractivity contribution < 1.29 is 9.21 Å². The molecule has 0 saturated carbocycles. The summed E-state index contributed by atoms with van der Waals surface area (Å²) in [6.07, 6.45) is 1.57. The Bertz CT molecular complexity index is 1300. The van der Waals surface area contributed by atoms with Crippen molar-refractivity contribution in [2.24, 2.45) is 0 Å². The van der Waals surface area contributed by atoms with Crippen LogP contribution < -0.4 is 10.9 Å². The van der Waals surface area contributed by atoms with E-state index in [1.54, 1.807) is 36.0 Å². The fourth-order valence-corrected chi connectivity index (χ4v) is 4.25. The van der Waals surface area contributed by atoms with Gasteiger partial charge in [0, 0.05) is 0 Å². The number of para-hydroxylation sites is 1. The van der Waals surface area contributed by atoms with Gasteiger partial charge in [-0.15, -0.1) is 0 Å². The summed E-state index contributed by atoms with van der Waals surface area (Å²) < 4.78 is 6.88. The van der Waals surface area contributed by atoms with Crippen LogP contribution >= 0.6 is 11.8 Å². The number of aromatic nitrogens is 2. The third-order valence-electron chi connectivity index (χ3n) is 5.02. The minimum Gasteiger partial charge on any atom is -0.467 e. The lowest BCUT2D eigenvalue weighted by molar-refractivity contribution is -0.120. The Labute approximate surface area is 184 Å².